The van der Waals surface area contributed by atoms with E-state index in [1.54, 1.807) is 13.0 Å². The molecule has 124 valence electrons. The number of pyridine rings is 1. The minimum atomic E-state index is -0.410. The molecule has 1 atom stereocenters. The fourth-order valence-electron chi connectivity index (χ4n) is 2.48. The van der Waals surface area contributed by atoms with Crippen LogP contribution in [0.2, 0.25) is 0 Å². The standard InChI is InChI=1S/C17H13FN6O/c1-10(14-13(18)3-2-8-19-14)15-22-17(25-24-15)12-6-4-11(5-7-12)16-20-9-21-23-16/h2-10H,1H3,(H,20,21,23). The summed E-state index contributed by atoms with van der Waals surface area (Å²) >= 11 is 0. The number of benzene rings is 1. The third-order valence-corrected chi connectivity index (χ3v) is 3.85. The normalized spacial score (nSPS) is 12.2. The fraction of sp³-hybridized carbons (Fsp3) is 0.118. The fourth-order valence-corrected chi connectivity index (χ4v) is 2.48. The minimum Gasteiger partial charge on any atom is -0.334 e. The molecule has 1 N–H and O–H groups in total. The van der Waals surface area contributed by atoms with Crippen LogP contribution in [0.25, 0.3) is 22.8 Å². The van der Waals surface area contributed by atoms with Crippen molar-refractivity contribution in [2.75, 3.05) is 0 Å². The first-order chi connectivity index (χ1) is 12.2. The van der Waals surface area contributed by atoms with E-state index >= 15 is 0 Å². The van der Waals surface area contributed by atoms with Crippen molar-refractivity contribution in [1.29, 1.82) is 0 Å². The van der Waals surface area contributed by atoms with Gasteiger partial charge in [-0.1, -0.05) is 17.3 Å². The van der Waals surface area contributed by atoms with E-state index in [1.807, 2.05) is 24.3 Å². The Kier molecular flexibility index (Phi) is 3.77. The van der Waals surface area contributed by atoms with Gasteiger partial charge in [0.15, 0.2) is 11.6 Å². The highest BCUT2D eigenvalue weighted by atomic mass is 19.1. The number of hydrogen-bond donors (Lipinski definition) is 1. The van der Waals surface area contributed by atoms with Crippen LogP contribution in [-0.2, 0) is 0 Å². The van der Waals surface area contributed by atoms with Crippen molar-refractivity contribution in [3.05, 3.63) is 66.3 Å². The Morgan fingerprint density at radius 3 is 2.60 bits per heavy atom. The highest BCUT2D eigenvalue weighted by molar-refractivity contribution is 5.61. The van der Waals surface area contributed by atoms with Crippen LogP contribution >= 0.6 is 0 Å². The molecule has 3 aromatic heterocycles. The van der Waals surface area contributed by atoms with E-state index in [0.717, 1.165) is 11.1 Å². The number of nitrogens with one attached hydrogen (secondary N) is 1. The van der Waals surface area contributed by atoms with Crippen LogP contribution in [0.3, 0.4) is 0 Å². The number of H-pyrrole nitrogens is 1. The van der Waals surface area contributed by atoms with E-state index < -0.39 is 11.7 Å². The van der Waals surface area contributed by atoms with Gasteiger partial charge in [0, 0.05) is 17.3 Å². The molecule has 0 radical (unpaired) electrons. The maximum atomic E-state index is 13.9. The summed E-state index contributed by atoms with van der Waals surface area (Å²) in [5, 5.41) is 10.6. The second-order valence-electron chi connectivity index (χ2n) is 5.46. The van der Waals surface area contributed by atoms with Gasteiger partial charge < -0.3 is 4.52 Å². The summed E-state index contributed by atoms with van der Waals surface area (Å²) < 4.78 is 19.2. The molecule has 3 heterocycles. The number of halogens is 1. The Labute approximate surface area is 142 Å². The Morgan fingerprint density at radius 2 is 1.88 bits per heavy atom. The molecule has 0 bridgehead atoms. The van der Waals surface area contributed by atoms with Crippen LogP contribution in [-0.4, -0.2) is 30.3 Å². The van der Waals surface area contributed by atoms with Crippen molar-refractivity contribution in [3.8, 4) is 22.8 Å². The van der Waals surface area contributed by atoms with Gasteiger partial charge in [0.2, 0.25) is 0 Å². The van der Waals surface area contributed by atoms with Gasteiger partial charge in [-0.3, -0.25) is 10.1 Å². The molecule has 0 aliphatic rings. The molecule has 4 aromatic rings. The van der Waals surface area contributed by atoms with Crippen molar-refractivity contribution >= 4 is 0 Å². The van der Waals surface area contributed by atoms with E-state index in [2.05, 4.69) is 30.3 Å². The van der Waals surface area contributed by atoms with Crippen molar-refractivity contribution in [2.45, 2.75) is 12.8 Å². The summed E-state index contributed by atoms with van der Waals surface area (Å²) in [6.45, 7) is 1.78. The van der Waals surface area contributed by atoms with E-state index in [4.69, 9.17) is 4.52 Å². The number of hydrogen-bond acceptors (Lipinski definition) is 6. The third kappa shape index (κ3) is 2.89. The predicted octanol–water partition coefficient (Wildman–Crippen LogP) is 3.21. The summed E-state index contributed by atoms with van der Waals surface area (Å²) in [7, 11) is 0. The monoisotopic (exact) mass is 336 g/mol. The zero-order chi connectivity index (χ0) is 17.2. The first kappa shape index (κ1) is 15.1. The van der Waals surface area contributed by atoms with Crippen LogP contribution < -0.4 is 0 Å². The van der Waals surface area contributed by atoms with Crippen molar-refractivity contribution in [1.82, 2.24) is 30.3 Å². The van der Waals surface area contributed by atoms with E-state index in [9.17, 15) is 4.39 Å². The molecule has 0 saturated carbocycles. The summed E-state index contributed by atoms with van der Waals surface area (Å²) in [6, 6.07) is 10.4. The van der Waals surface area contributed by atoms with Gasteiger partial charge in [0.05, 0.1) is 11.6 Å². The Hall–Kier alpha value is -3.42. The molecular weight excluding hydrogens is 323 g/mol. The van der Waals surface area contributed by atoms with E-state index in [1.165, 1.54) is 18.6 Å². The molecule has 8 heteroatoms. The minimum absolute atomic E-state index is 0.288. The van der Waals surface area contributed by atoms with Gasteiger partial charge in [-0.25, -0.2) is 9.37 Å². The van der Waals surface area contributed by atoms with Crippen molar-refractivity contribution in [2.24, 2.45) is 0 Å². The largest absolute Gasteiger partial charge is 0.334 e. The topological polar surface area (TPSA) is 93.4 Å². The van der Waals surface area contributed by atoms with Crippen molar-refractivity contribution in [3.63, 3.8) is 0 Å². The van der Waals surface area contributed by atoms with Gasteiger partial charge in [-0.05, 0) is 31.2 Å². The average Bonchev–Trinajstić information content (AvgIpc) is 3.34. The second-order valence-corrected chi connectivity index (χ2v) is 5.46. The highest BCUT2D eigenvalue weighted by Gasteiger charge is 2.20. The Balaban J connectivity index is 1.60. The molecule has 0 aliphatic carbocycles. The second kappa shape index (κ2) is 6.23. The third-order valence-electron chi connectivity index (χ3n) is 3.85. The molecule has 4 rings (SSSR count). The van der Waals surface area contributed by atoms with Gasteiger partial charge in [-0.2, -0.15) is 10.1 Å². The molecular formula is C17H13FN6O. The average molecular weight is 336 g/mol. The highest BCUT2D eigenvalue weighted by Crippen LogP contribution is 2.26. The number of rotatable bonds is 4. The lowest BCUT2D eigenvalue weighted by Crippen LogP contribution is -2.04. The Morgan fingerprint density at radius 1 is 1.08 bits per heavy atom. The first-order valence-electron chi connectivity index (χ1n) is 7.62. The van der Waals surface area contributed by atoms with Crippen molar-refractivity contribution < 1.29 is 8.91 Å². The lowest BCUT2D eigenvalue weighted by atomic mass is 10.1. The zero-order valence-corrected chi connectivity index (χ0v) is 13.2. The van der Waals surface area contributed by atoms with E-state index in [0.29, 0.717) is 17.5 Å². The van der Waals surface area contributed by atoms with Crippen LogP contribution in [0.15, 0.2) is 53.4 Å². The van der Waals surface area contributed by atoms with Gasteiger partial charge in [0.1, 0.15) is 12.1 Å². The van der Waals surface area contributed by atoms with Crippen LogP contribution in [0.4, 0.5) is 4.39 Å². The number of aromatic amines is 1. The summed E-state index contributed by atoms with van der Waals surface area (Å²) in [6.07, 6.45) is 2.99. The SMILES string of the molecule is CC(c1noc(-c2ccc(-c3ncn[nH]3)cc2)n1)c1ncccc1F. The molecule has 0 fully saturated rings. The predicted molar refractivity (Wildman–Crippen MR) is 86.8 cm³/mol. The Bertz CT molecular complexity index is 981. The zero-order valence-electron chi connectivity index (χ0n) is 13.2. The molecule has 7 nitrogen and oxygen atoms in total. The first-order valence-corrected chi connectivity index (χ1v) is 7.62. The lowest BCUT2D eigenvalue weighted by Gasteiger charge is -2.06. The summed E-state index contributed by atoms with van der Waals surface area (Å²) in [5.41, 5.74) is 1.94. The maximum Gasteiger partial charge on any atom is 0.257 e. The molecule has 1 unspecified atom stereocenters. The molecule has 25 heavy (non-hydrogen) atoms. The molecule has 0 spiro atoms. The van der Waals surface area contributed by atoms with Crippen LogP contribution in [0.5, 0.6) is 0 Å². The number of nitrogens with zero attached hydrogens (tertiary/aromatic N) is 5. The van der Waals surface area contributed by atoms with Crippen LogP contribution in [0.1, 0.15) is 24.4 Å². The molecule has 1 aromatic carbocycles. The van der Waals surface area contributed by atoms with E-state index in [-0.39, 0.29) is 5.69 Å². The van der Waals surface area contributed by atoms with Gasteiger partial charge >= 0.3 is 0 Å². The lowest BCUT2D eigenvalue weighted by molar-refractivity contribution is 0.419. The maximum absolute atomic E-state index is 13.9. The quantitative estimate of drug-likeness (QED) is 0.615. The number of aromatic nitrogens is 6. The summed E-state index contributed by atoms with van der Waals surface area (Å²) in [4.78, 5) is 12.5. The van der Waals surface area contributed by atoms with Gasteiger partial charge in [-0.15, -0.1) is 0 Å². The molecule has 0 saturated heterocycles. The smallest absolute Gasteiger partial charge is 0.257 e. The molecule has 0 amide bonds. The molecule has 0 aliphatic heterocycles. The summed E-state index contributed by atoms with van der Waals surface area (Å²) in [5.74, 6) is 0.621. The van der Waals surface area contributed by atoms with Crippen LogP contribution in [0, 0.1) is 5.82 Å². The van der Waals surface area contributed by atoms with Gasteiger partial charge in [0.25, 0.3) is 5.89 Å².